The van der Waals surface area contributed by atoms with Crippen molar-refractivity contribution >= 4 is 11.8 Å². The van der Waals surface area contributed by atoms with E-state index in [1.54, 1.807) is 6.07 Å². The molecule has 0 saturated carbocycles. The van der Waals surface area contributed by atoms with Crippen molar-refractivity contribution in [2.24, 2.45) is 0 Å². The molecule has 0 bridgehead atoms. The number of nitrogens with zero attached hydrogens (tertiary/aromatic N) is 2. The van der Waals surface area contributed by atoms with Crippen LogP contribution in [0.25, 0.3) is 0 Å². The molecule has 0 aliphatic rings. The second-order valence-electron chi connectivity index (χ2n) is 4.37. The van der Waals surface area contributed by atoms with Gasteiger partial charge >= 0.3 is 0 Å². The van der Waals surface area contributed by atoms with E-state index in [0.717, 1.165) is 5.56 Å². The lowest BCUT2D eigenvalue weighted by molar-refractivity contribution is 0.273. The Morgan fingerprint density at radius 2 is 2.05 bits per heavy atom. The summed E-state index contributed by atoms with van der Waals surface area (Å²) in [5.74, 6) is 1.05. The number of ether oxygens (including phenoxy) is 1. The van der Waals surface area contributed by atoms with Crippen molar-refractivity contribution in [2.75, 3.05) is 24.8 Å². The number of nitrogen functional groups attached to an aromatic ring is 1. The highest BCUT2D eigenvalue weighted by Gasteiger charge is 2.11. The predicted molar refractivity (Wildman–Crippen MR) is 77.6 cm³/mol. The fourth-order valence-electron chi connectivity index (χ4n) is 1.89. The Morgan fingerprint density at radius 3 is 2.70 bits per heavy atom. The van der Waals surface area contributed by atoms with E-state index in [-0.39, 0.29) is 18.6 Å². The maximum absolute atomic E-state index is 9.48. The molecular weight excluding hydrogens is 256 g/mol. The molecule has 0 fully saturated rings. The Hall–Kier alpha value is -2.34. The SMILES string of the molecule is COc1cc(NC(CO)Cc2ccccc2)nc(N)n1. The molecule has 6 heteroatoms. The molecule has 0 amide bonds. The molecule has 106 valence electrons. The maximum atomic E-state index is 9.48. The summed E-state index contributed by atoms with van der Waals surface area (Å²) in [4.78, 5) is 7.99. The summed E-state index contributed by atoms with van der Waals surface area (Å²) in [5.41, 5.74) is 6.73. The Kier molecular flexibility index (Phi) is 4.73. The van der Waals surface area contributed by atoms with Crippen molar-refractivity contribution < 1.29 is 9.84 Å². The number of hydrogen-bond acceptors (Lipinski definition) is 6. The molecule has 0 spiro atoms. The van der Waals surface area contributed by atoms with Gasteiger partial charge in [0, 0.05) is 6.07 Å². The number of aliphatic hydroxyl groups is 1. The molecule has 1 heterocycles. The van der Waals surface area contributed by atoms with Gasteiger partial charge in [0.15, 0.2) is 0 Å². The van der Waals surface area contributed by atoms with Crippen molar-refractivity contribution in [1.82, 2.24) is 9.97 Å². The van der Waals surface area contributed by atoms with E-state index in [1.165, 1.54) is 7.11 Å². The number of aromatic nitrogens is 2. The lowest BCUT2D eigenvalue weighted by Crippen LogP contribution is -2.27. The van der Waals surface area contributed by atoms with Crippen LogP contribution in [0.1, 0.15) is 5.56 Å². The summed E-state index contributed by atoms with van der Waals surface area (Å²) >= 11 is 0. The molecular formula is C14H18N4O2. The third-order valence-electron chi connectivity index (χ3n) is 2.83. The van der Waals surface area contributed by atoms with Gasteiger partial charge in [-0.15, -0.1) is 0 Å². The average Bonchev–Trinajstić information content (AvgIpc) is 2.47. The highest BCUT2D eigenvalue weighted by molar-refractivity contribution is 5.43. The van der Waals surface area contributed by atoms with E-state index < -0.39 is 0 Å². The zero-order chi connectivity index (χ0) is 14.4. The smallest absolute Gasteiger partial charge is 0.225 e. The van der Waals surface area contributed by atoms with Crippen molar-refractivity contribution in [2.45, 2.75) is 12.5 Å². The first-order valence-electron chi connectivity index (χ1n) is 6.31. The van der Waals surface area contributed by atoms with Crippen LogP contribution in [-0.2, 0) is 6.42 Å². The lowest BCUT2D eigenvalue weighted by atomic mass is 10.1. The van der Waals surface area contributed by atoms with E-state index in [2.05, 4.69) is 15.3 Å². The van der Waals surface area contributed by atoms with Crippen LogP contribution in [0.15, 0.2) is 36.4 Å². The number of aliphatic hydroxyl groups excluding tert-OH is 1. The molecule has 2 rings (SSSR count). The largest absolute Gasteiger partial charge is 0.481 e. The molecule has 0 aliphatic heterocycles. The van der Waals surface area contributed by atoms with E-state index >= 15 is 0 Å². The molecule has 0 saturated heterocycles. The van der Waals surface area contributed by atoms with Crippen LogP contribution in [0.4, 0.5) is 11.8 Å². The molecule has 6 nitrogen and oxygen atoms in total. The Labute approximate surface area is 117 Å². The maximum Gasteiger partial charge on any atom is 0.225 e. The van der Waals surface area contributed by atoms with Crippen LogP contribution in [0.5, 0.6) is 5.88 Å². The van der Waals surface area contributed by atoms with Crippen LogP contribution < -0.4 is 15.8 Å². The van der Waals surface area contributed by atoms with Gasteiger partial charge < -0.3 is 20.9 Å². The molecule has 1 atom stereocenters. The molecule has 2 aromatic rings. The summed E-state index contributed by atoms with van der Waals surface area (Å²) in [5, 5.41) is 12.6. The van der Waals surface area contributed by atoms with Gasteiger partial charge in [-0.25, -0.2) is 0 Å². The van der Waals surface area contributed by atoms with Crippen molar-refractivity contribution in [3.8, 4) is 5.88 Å². The van der Waals surface area contributed by atoms with Crippen LogP contribution in [0, 0.1) is 0 Å². The van der Waals surface area contributed by atoms with Crippen molar-refractivity contribution in [1.29, 1.82) is 0 Å². The fraction of sp³-hybridized carbons (Fsp3) is 0.286. The highest BCUT2D eigenvalue weighted by Crippen LogP contribution is 2.16. The van der Waals surface area contributed by atoms with Crippen LogP contribution in [0.3, 0.4) is 0 Å². The molecule has 0 aliphatic carbocycles. The Bertz CT molecular complexity index is 548. The zero-order valence-corrected chi connectivity index (χ0v) is 11.3. The van der Waals surface area contributed by atoms with Gasteiger partial charge in [-0.3, -0.25) is 0 Å². The number of anilines is 2. The fourth-order valence-corrected chi connectivity index (χ4v) is 1.89. The summed E-state index contributed by atoms with van der Waals surface area (Å²) in [6.07, 6.45) is 0.684. The summed E-state index contributed by atoms with van der Waals surface area (Å²) in [6, 6.07) is 11.4. The number of rotatable bonds is 6. The van der Waals surface area contributed by atoms with E-state index in [4.69, 9.17) is 10.5 Å². The third kappa shape index (κ3) is 3.83. The molecule has 1 unspecified atom stereocenters. The van der Waals surface area contributed by atoms with Crippen molar-refractivity contribution in [3.05, 3.63) is 42.0 Å². The first-order chi connectivity index (χ1) is 9.71. The molecule has 1 aromatic heterocycles. The van der Waals surface area contributed by atoms with Crippen LogP contribution in [-0.4, -0.2) is 34.8 Å². The quantitative estimate of drug-likeness (QED) is 0.730. The first kappa shape index (κ1) is 14.1. The monoisotopic (exact) mass is 274 g/mol. The van der Waals surface area contributed by atoms with Crippen molar-refractivity contribution in [3.63, 3.8) is 0 Å². The Balaban J connectivity index is 2.08. The molecule has 4 N–H and O–H groups in total. The minimum Gasteiger partial charge on any atom is -0.481 e. The average molecular weight is 274 g/mol. The van der Waals surface area contributed by atoms with E-state index in [1.807, 2.05) is 30.3 Å². The van der Waals surface area contributed by atoms with Gasteiger partial charge in [0.25, 0.3) is 0 Å². The van der Waals surface area contributed by atoms with Gasteiger partial charge in [-0.05, 0) is 12.0 Å². The van der Waals surface area contributed by atoms with Gasteiger partial charge in [-0.2, -0.15) is 9.97 Å². The first-order valence-corrected chi connectivity index (χ1v) is 6.31. The molecule has 0 radical (unpaired) electrons. The number of nitrogens with one attached hydrogen (secondary N) is 1. The lowest BCUT2D eigenvalue weighted by Gasteiger charge is -2.17. The highest BCUT2D eigenvalue weighted by atomic mass is 16.5. The summed E-state index contributed by atoms with van der Waals surface area (Å²) in [6.45, 7) is -0.0128. The molecule has 20 heavy (non-hydrogen) atoms. The van der Waals surface area contributed by atoms with Crippen LogP contribution >= 0.6 is 0 Å². The Morgan fingerprint density at radius 1 is 1.30 bits per heavy atom. The van der Waals surface area contributed by atoms with Crippen LogP contribution in [0.2, 0.25) is 0 Å². The second kappa shape index (κ2) is 6.72. The zero-order valence-electron chi connectivity index (χ0n) is 11.3. The topological polar surface area (TPSA) is 93.3 Å². The van der Waals surface area contributed by atoms with E-state index in [0.29, 0.717) is 18.1 Å². The minimum absolute atomic E-state index is 0.0128. The number of nitrogens with two attached hydrogens (primary N) is 1. The standard InChI is InChI=1S/C14H18N4O2/c1-20-13-8-12(17-14(15)18-13)16-11(9-19)7-10-5-3-2-4-6-10/h2-6,8,11,19H,7,9H2,1H3,(H3,15,16,17,18). The second-order valence-corrected chi connectivity index (χ2v) is 4.37. The minimum atomic E-state index is -0.156. The normalized spacial score (nSPS) is 11.9. The van der Waals surface area contributed by atoms with Gasteiger partial charge in [-0.1, -0.05) is 30.3 Å². The predicted octanol–water partition coefficient (Wildman–Crippen LogP) is 1.08. The number of benzene rings is 1. The van der Waals surface area contributed by atoms with Gasteiger partial charge in [0.1, 0.15) is 5.82 Å². The third-order valence-corrected chi connectivity index (χ3v) is 2.83. The summed E-state index contributed by atoms with van der Waals surface area (Å²) in [7, 11) is 1.51. The number of hydrogen-bond donors (Lipinski definition) is 3. The van der Waals surface area contributed by atoms with Gasteiger partial charge in [0.2, 0.25) is 11.8 Å². The summed E-state index contributed by atoms with van der Waals surface area (Å²) < 4.78 is 5.04. The van der Waals surface area contributed by atoms with E-state index in [9.17, 15) is 5.11 Å². The molecule has 1 aromatic carbocycles. The number of methoxy groups -OCH3 is 1. The van der Waals surface area contributed by atoms with Gasteiger partial charge in [0.05, 0.1) is 19.8 Å².